The molecule has 3 atom stereocenters. The lowest BCUT2D eigenvalue weighted by atomic mass is 10.1. The predicted octanol–water partition coefficient (Wildman–Crippen LogP) is -0.170. The molecule has 0 amide bonds. The van der Waals surface area contributed by atoms with E-state index in [0.29, 0.717) is 5.69 Å². The molecule has 0 saturated carbocycles. The highest BCUT2D eigenvalue weighted by molar-refractivity contribution is 4.99. The van der Waals surface area contributed by atoms with Gasteiger partial charge in [-0.25, -0.2) is 4.79 Å². The zero-order chi connectivity index (χ0) is 14.0. The molecule has 0 radical (unpaired) electrons. The van der Waals surface area contributed by atoms with Crippen molar-refractivity contribution in [2.45, 2.75) is 31.4 Å². The fraction of sp³-hybridized carbons (Fsp3) is 0.600. The fourth-order valence-electron chi connectivity index (χ4n) is 1.99. The summed E-state index contributed by atoms with van der Waals surface area (Å²) < 4.78 is 6.46. The highest BCUT2D eigenvalue weighted by Gasteiger charge is 2.46. The molecule has 1 aromatic rings. The summed E-state index contributed by atoms with van der Waals surface area (Å²) in [6, 6.07) is 1.59. The Bertz CT molecular complexity index is 582. The molecule has 0 aromatic carbocycles. The summed E-state index contributed by atoms with van der Waals surface area (Å²) in [6.45, 7) is 1.08. The maximum absolute atomic E-state index is 11.7. The molecule has 1 fully saturated rings. The minimum Gasteiger partial charge on any atom is -0.393 e. The molecule has 0 aliphatic carbocycles. The van der Waals surface area contributed by atoms with Gasteiger partial charge in [-0.1, -0.05) is 5.11 Å². The van der Waals surface area contributed by atoms with Gasteiger partial charge in [0.1, 0.15) is 6.10 Å². The zero-order valence-corrected chi connectivity index (χ0v) is 10.2. The van der Waals surface area contributed by atoms with Gasteiger partial charge in [-0.15, -0.1) is 0 Å². The lowest BCUT2D eigenvalue weighted by Gasteiger charge is -2.21. The highest BCUT2D eigenvalue weighted by atomic mass is 16.6. The first-order valence-corrected chi connectivity index (χ1v) is 5.60. The quantitative estimate of drug-likeness (QED) is 0.445. The van der Waals surface area contributed by atoms with Crippen LogP contribution in [-0.2, 0) is 4.74 Å². The Morgan fingerprint density at radius 2 is 2.53 bits per heavy atom. The van der Waals surface area contributed by atoms with Crippen molar-refractivity contribution in [2.75, 3.05) is 6.61 Å². The average molecular weight is 267 g/mol. The van der Waals surface area contributed by atoms with Crippen LogP contribution in [0.2, 0.25) is 0 Å². The lowest BCUT2D eigenvalue weighted by molar-refractivity contribution is -0.107. The predicted molar refractivity (Wildman–Crippen MR) is 62.9 cm³/mol. The van der Waals surface area contributed by atoms with Crippen molar-refractivity contribution in [1.29, 1.82) is 0 Å². The van der Waals surface area contributed by atoms with Crippen LogP contribution in [0.25, 0.3) is 10.4 Å². The summed E-state index contributed by atoms with van der Waals surface area (Å²) in [5.41, 5.74) is 6.86. The van der Waals surface area contributed by atoms with Gasteiger partial charge < -0.3 is 14.9 Å². The molecule has 1 aliphatic heterocycles. The van der Waals surface area contributed by atoms with E-state index in [-0.39, 0.29) is 6.42 Å². The molecule has 2 N–H and O–H groups in total. The Hall–Kier alpha value is -1.93. The summed E-state index contributed by atoms with van der Waals surface area (Å²) in [5, 5.41) is 22.5. The van der Waals surface area contributed by atoms with Crippen LogP contribution in [0.3, 0.4) is 0 Å². The van der Waals surface area contributed by atoms with Gasteiger partial charge in [-0.05, 0) is 18.5 Å². The van der Waals surface area contributed by atoms with Crippen molar-refractivity contribution < 1.29 is 14.9 Å². The molecule has 1 aromatic heterocycles. The molecular weight excluding hydrogens is 254 g/mol. The van der Waals surface area contributed by atoms with Gasteiger partial charge in [-0.2, -0.15) is 4.98 Å². The van der Waals surface area contributed by atoms with E-state index in [2.05, 4.69) is 15.0 Å². The third kappa shape index (κ3) is 2.45. The van der Waals surface area contributed by atoms with Crippen LogP contribution in [0.1, 0.15) is 18.3 Å². The second kappa shape index (κ2) is 4.98. The average Bonchev–Trinajstić information content (AvgIpc) is 2.68. The number of nitrogens with zero attached hydrogens (tertiary/aromatic N) is 5. The second-order valence-corrected chi connectivity index (χ2v) is 4.33. The van der Waals surface area contributed by atoms with Gasteiger partial charge in [0.2, 0.25) is 0 Å². The van der Waals surface area contributed by atoms with Crippen molar-refractivity contribution in [3.8, 4) is 0 Å². The van der Waals surface area contributed by atoms with Crippen molar-refractivity contribution in [2.24, 2.45) is 5.11 Å². The number of ether oxygens (including phenoxy) is 1. The number of azide groups is 1. The van der Waals surface area contributed by atoms with Crippen LogP contribution < -0.4 is 5.69 Å². The van der Waals surface area contributed by atoms with Crippen molar-refractivity contribution in [3.05, 3.63) is 38.9 Å². The maximum atomic E-state index is 11.7. The van der Waals surface area contributed by atoms with E-state index >= 15 is 0 Å². The van der Waals surface area contributed by atoms with E-state index in [0.717, 1.165) is 4.57 Å². The Balaban J connectivity index is 2.37. The zero-order valence-electron chi connectivity index (χ0n) is 10.2. The topological polar surface area (TPSA) is 133 Å². The monoisotopic (exact) mass is 267 g/mol. The number of rotatable bonds is 3. The normalized spacial score (nSPS) is 30.1. The van der Waals surface area contributed by atoms with E-state index < -0.39 is 30.4 Å². The molecule has 0 unspecified atom stereocenters. The van der Waals surface area contributed by atoms with E-state index in [9.17, 15) is 15.0 Å². The van der Waals surface area contributed by atoms with E-state index in [1.165, 1.54) is 6.20 Å². The van der Waals surface area contributed by atoms with Crippen LogP contribution in [-0.4, -0.2) is 38.2 Å². The van der Waals surface area contributed by atoms with Crippen LogP contribution >= 0.6 is 0 Å². The molecule has 9 heteroatoms. The van der Waals surface area contributed by atoms with Gasteiger partial charge in [0, 0.05) is 23.2 Å². The number of aliphatic hydroxyl groups is 2. The standard InChI is InChI=1S/C10H13N5O4/c1-6-2-3-15(9(18)12-6)8-7(17)4-10(5-16,19-8)13-14-11/h2-3,7-8,16-17H,4-5H2,1H3/t7-,8-,10+/m1/s1. The van der Waals surface area contributed by atoms with E-state index in [4.69, 9.17) is 10.3 Å². The molecule has 102 valence electrons. The lowest BCUT2D eigenvalue weighted by Crippen LogP contribution is -2.33. The summed E-state index contributed by atoms with van der Waals surface area (Å²) >= 11 is 0. The number of aromatic nitrogens is 2. The first-order valence-electron chi connectivity index (χ1n) is 5.60. The van der Waals surface area contributed by atoms with Gasteiger partial charge in [0.25, 0.3) is 0 Å². The summed E-state index contributed by atoms with van der Waals surface area (Å²) in [5.74, 6) is 0. The van der Waals surface area contributed by atoms with Crippen LogP contribution in [0.15, 0.2) is 22.2 Å². The Kier molecular flexibility index (Phi) is 3.54. The molecule has 1 aliphatic rings. The molecule has 0 spiro atoms. The Labute approximate surface area is 107 Å². The van der Waals surface area contributed by atoms with Gasteiger partial charge in [0.05, 0.1) is 6.61 Å². The second-order valence-electron chi connectivity index (χ2n) is 4.33. The first kappa shape index (κ1) is 13.5. The number of hydrogen-bond acceptors (Lipinski definition) is 6. The third-order valence-corrected chi connectivity index (χ3v) is 2.91. The summed E-state index contributed by atoms with van der Waals surface area (Å²) in [6.07, 6.45) is -0.793. The third-order valence-electron chi connectivity index (χ3n) is 2.91. The summed E-state index contributed by atoms with van der Waals surface area (Å²) in [4.78, 5) is 18.0. The number of aliphatic hydroxyl groups excluding tert-OH is 2. The highest BCUT2D eigenvalue weighted by Crippen LogP contribution is 2.36. The number of aryl methyl sites for hydroxylation is 1. The maximum Gasteiger partial charge on any atom is 0.349 e. The molecule has 9 nitrogen and oxygen atoms in total. The molecule has 0 bridgehead atoms. The largest absolute Gasteiger partial charge is 0.393 e. The van der Waals surface area contributed by atoms with Crippen molar-refractivity contribution in [1.82, 2.24) is 9.55 Å². The molecule has 19 heavy (non-hydrogen) atoms. The molecule has 2 heterocycles. The van der Waals surface area contributed by atoms with Crippen molar-refractivity contribution in [3.63, 3.8) is 0 Å². The van der Waals surface area contributed by atoms with Crippen molar-refractivity contribution >= 4 is 0 Å². The smallest absolute Gasteiger partial charge is 0.349 e. The molecular formula is C10H13N5O4. The SMILES string of the molecule is Cc1ccn([C@@H]2O[C@@](CO)(N=[N+]=[N-])C[C@H]2O)c(=O)n1. The minimum absolute atomic E-state index is 0.0987. The van der Waals surface area contributed by atoms with E-state index in [1.54, 1.807) is 13.0 Å². The Morgan fingerprint density at radius 1 is 1.79 bits per heavy atom. The van der Waals surface area contributed by atoms with Crippen LogP contribution in [0, 0.1) is 6.92 Å². The Morgan fingerprint density at radius 3 is 3.11 bits per heavy atom. The van der Waals surface area contributed by atoms with Crippen LogP contribution in [0.5, 0.6) is 0 Å². The van der Waals surface area contributed by atoms with Crippen LogP contribution in [0.4, 0.5) is 0 Å². The van der Waals surface area contributed by atoms with Gasteiger partial charge in [-0.3, -0.25) is 4.57 Å². The molecule has 1 saturated heterocycles. The van der Waals surface area contributed by atoms with Gasteiger partial charge in [0.15, 0.2) is 12.0 Å². The van der Waals surface area contributed by atoms with E-state index in [1.807, 2.05) is 0 Å². The van der Waals surface area contributed by atoms with Gasteiger partial charge >= 0.3 is 5.69 Å². The minimum atomic E-state index is -1.55. The number of hydrogen-bond donors (Lipinski definition) is 2. The molecule has 2 rings (SSSR count). The fourth-order valence-corrected chi connectivity index (χ4v) is 1.99. The first-order chi connectivity index (χ1) is 9.01. The summed E-state index contributed by atoms with van der Waals surface area (Å²) in [7, 11) is 0.